The second-order valence-electron chi connectivity index (χ2n) is 2.33. The molecule has 0 saturated carbocycles. The van der Waals surface area contributed by atoms with Crippen LogP contribution in [0.4, 0.5) is 0 Å². The number of halogens is 3. The van der Waals surface area contributed by atoms with E-state index in [2.05, 4.69) is 50.0 Å². The predicted molar refractivity (Wildman–Crippen MR) is 67.3 cm³/mol. The Balaban J connectivity index is 2.94. The smallest absolute Gasteiger partial charge is 0.0557 e. The van der Waals surface area contributed by atoms with Crippen molar-refractivity contribution in [3.8, 4) is 0 Å². The molecule has 62 valence electrons. The van der Waals surface area contributed by atoms with Gasteiger partial charge in [-0.15, -0.1) is 11.3 Å². The number of hydrogen-bond acceptors (Lipinski definition) is 1. The molecule has 1 aromatic heterocycles. The Bertz CT molecular complexity index is 438. The van der Waals surface area contributed by atoms with Crippen LogP contribution in [-0.4, -0.2) is 0 Å². The van der Waals surface area contributed by atoms with Crippen molar-refractivity contribution >= 4 is 71.5 Å². The molecular weight excluding hydrogens is 370 g/mol. The van der Waals surface area contributed by atoms with Crippen molar-refractivity contribution in [2.75, 3.05) is 0 Å². The van der Waals surface area contributed by atoms with Crippen LogP contribution in [0.15, 0.2) is 22.0 Å². The predicted octanol–water partition coefficient (Wildman–Crippen LogP) is 4.92. The van der Waals surface area contributed by atoms with Crippen LogP contribution in [0, 0.1) is 3.57 Å². The van der Waals surface area contributed by atoms with Crippen LogP contribution in [0.3, 0.4) is 0 Å². The summed E-state index contributed by atoms with van der Waals surface area (Å²) in [6, 6.07) is 4.08. The molecule has 0 aliphatic heterocycles. The third-order valence-corrected chi connectivity index (χ3v) is 6.06. The molecule has 0 radical (unpaired) electrons. The minimum absolute atomic E-state index is 0.813. The zero-order valence-corrected chi connectivity index (χ0v) is 11.1. The Morgan fingerprint density at radius 2 is 2.25 bits per heavy atom. The number of rotatable bonds is 0. The SMILES string of the molecule is Clc1cc2ccsc2c(Br)c1I. The normalized spacial score (nSPS) is 10.9. The quantitative estimate of drug-likeness (QED) is 0.454. The van der Waals surface area contributed by atoms with Gasteiger partial charge in [0, 0.05) is 8.27 Å². The second-order valence-corrected chi connectivity index (χ2v) is 5.52. The molecular formula is C8H3BrClIS. The van der Waals surface area contributed by atoms with E-state index in [9.17, 15) is 0 Å². The van der Waals surface area contributed by atoms with Gasteiger partial charge in [0.25, 0.3) is 0 Å². The van der Waals surface area contributed by atoms with Crippen molar-refractivity contribution < 1.29 is 0 Å². The summed E-state index contributed by atoms with van der Waals surface area (Å²) in [4.78, 5) is 0. The van der Waals surface area contributed by atoms with Gasteiger partial charge in [-0.2, -0.15) is 0 Å². The molecule has 0 fully saturated rings. The lowest BCUT2D eigenvalue weighted by Crippen LogP contribution is -1.76. The average Bonchev–Trinajstić information content (AvgIpc) is 2.48. The van der Waals surface area contributed by atoms with E-state index in [0.717, 1.165) is 13.1 Å². The van der Waals surface area contributed by atoms with E-state index in [-0.39, 0.29) is 0 Å². The van der Waals surface area contributed by atoms with Crippen LogP contribution >= 0.6 is 61.5 Å². The molecule has 12 heavy (non-hydrogen) atoms. The molecule has 0 bridgehead atoms. The average molecular weight is 373 g/mol. The fourth-order valence-electron chi connectivity index (χ4n) is 1.02. The van der Waals surface area contributed by atoms with Crippen LogP contribution in [0.1, 0.15) is 0 Å². The Hall–Kier alpha value is 0.680. The first-order chi connectivity index (χ1) is 5.70. The number of thiophene rings is 1. The minimum atomic E-state index is 0.813. The van der Waals surface area contributed by atoms with E-state index >= 15 is 0 Å². The molecule has 0 saturated heterocycles. The Labute approximate surface area is 101 Å². The van der Waals surface area contributed by atoms with Gasteiger partial charge >= 0.3 is 0 Å². The highest BCUT2D eigenvalue weighted by atomic mass is 127. The summed E-state index contributed by atoms with van der Waals surface area (Å²) in [7, 11) is 0. The fourth-order valence-corrected chi connectivity index (χ4v) is 3.49. The van der Waals surface area contributed by atoms with E-state index in [1.165, 1.54) is 10.1 Å². The van der Waals surface area contributed by atoms with E-state index in [1.807, 2.05) is 6.07 Å². The van der Waals surface area contributed by atoms with Crippen LogP contribution in [0.5, 0.6) is 0 Å². The standard InChI is InChI=1S/C8H3BrClIS/c9-6-7(11)5(10)3-4-1-2-12-8(4)6/h1-3H. The largest absolute Gasteiger partial charge is 0.143 e. The Morgan fingerprint density at radius 1 is 1.50 bits per heavy atom. The highest BCUT2D eigenvalue weighted by Gasteiger charge is 2.07. The van der Waals surface area contributed by atoms with Crippen molar-refractivity contribution in [2.24, 2.45) is 0 Å². The highest BCUT2D eigenvalue weighted by Crippen LogP contribution is 2.36. The lowest BCUT2D eigenvalue weighted by atomic mass is 10.3. The van der Waals surface area contributed by atoms with E-state index in [1.54, 1.807) is 11.3 Å². The number of hydrogen-bond donors (Lipinski definition) is 0. The maximum atomic E-state index is 6.02. The maximum Gasteiger partial charge on any atom is 0.0557 e. The number of fused-ring (bicyclic) bond motifs is 1. The van der Waals surface area contributed by atoms with Gasteiger partial charge in [0.1, 0.15) is 0 Å². The van der Waals surface area contributed by atoms with Gasteiger partial charge in [-0.1, -0.05) is 11.6 Å². The zero-order chi connectivity index (χ0) is 8.72. The van der Waals surface area contributed by atoms with Crippen molar-refractivity contribution in [1.82, 2.24) is 0 Å². The summed E-state index contributed by atoms with van der Waals surface area (Å²) in [6.07, 6.45) is 0. The molecule has 0 aliphatic rings. The van der Waals surface area contributed by atoms with Gasteiger partial charge in [-0.05, 0) is 61.4 Å². The van der Waals surface area contributed by atoms with E-state index in [0.29, 0.717) is 0 Å². The zero-order valence-electron chi connectivity index (χ0n) is 5.77. The molecule has 4 heteroatoms. The lowest BCUT2D eigenvalue weighted by molar-refractivity contribution is 1.70. The van der Waals surface area contributed by atoms with Crippen molar-refractivity contribution in [1.29, 1.82) is 0 Å². The first kappa shape index (κ1) is 9.24. The van der Waals surface area contributed by atoms with Crippen LogP contribution in [0.25, 0.3) is 10.1 Å². The fraction of sp³-hybridized carbons (Fsp3) is 0. The third-order valence-electron chi connectivity index (χ3n) is 1.58. The maximum absolute atomic E-state index is 6.02. The van der Waals surface area contributed by atoms with Gasteiger partial charge in [0.2, 0.25) is 0 Å². The summed E-state index contributed by atoms with van der Waals surface area (Å²) in [5, 5.41) is 4.09. The van der Waals surface area contributed by atoms with Crippen molar-refractivity contribution in [3.63, 3.8) is 0 Å². The first-order valence-corrected chi connectivity index (χ1v) is 6.34. The van der Waals surface area contributed by atoms with Gasteiger partial charge in [0.15, 0.2) is 0 Å². The molecule has 0 N–H and O–H groups in total. The van der Waals surface area contributed by atoms with Crippen LogP contribution in [-0.2, 0) is 0 Å². The molecule has 1 aromatic carbocycles. The van der Waals surface area contributed by atoms with E-state index < -0.39 is 0 Å². The summed E-state index contributed by atoms with van der Waals surface area (Å²) in [6.45, 7) is 0. The summed E-state index contributed by atoms with van der Waals surface area (Å²) < 4.78 is 3.47. The van der Waals surface area contributed by atoms with Crippen LogP contribution < -0.4 is 0 Å². The Kier molecular flexibility index (Phi) is 2.65. The van der Waals surface area contributed by atoms with Gasteiger partial charge < -0.3 is 0 Å². The molecule has 1 heterocycles. The lowest BCUT2D eigenvalue weighted by Gasteiger charge is -2.00. The molecule has 0 nitrogen and oxygen atoms in total. The van der Waals surface area contributed by atoms with Crippen molar-refractivity contribution in [3.05, 3.63) is 30.6 Å². The highest BCUT2D eigenvalue weighted by molar-refractivity contribution is 14.1. The monoisotopic (exact) mass is 372 g/mol. The van der Waals surface area contributed by atoms with Gasteiger partial charge in [-0.3, -0.25) is 0 Å². The molecule has 2 aromatic rings. The molecule has 2 rings (SSSR count). The molecule has 0 unspecified atom stereocenters. The summed E-state index contributed by atoms with van der Waals surface area (Å²) in [5.74, 6) is 0. The van der Waals surface area contributed by atoms with Crippen molar-refractivity contribution in [2.45, 2.75) is 0 Å². The molecule has 0 amide bonds. The number of benzene rings is 1. The summed E-state index contributed by atoms with van der Waals surface area (Å²) >= 11 is 13.5. The molecule has 0 spiro atoms. The van der Waals surface area contributed by atoms with Gasteiger partial charge in [-0.25, -0.2) is 0 Å². The Morgan fingerprint density at radius 3 is 3.00 bits per heavy atom. The second kappa shape index (κ2) is 3.44. The van der Waals surface area contributed by atoms with E-state index in [4.69, 9.17) is 11.6 Å². The molecule has 0 aliphatic carbocycles. The minimum Gasteiger partial charge on any atom is -0.143 e. The third kappa shape index (κ3) is 1.41. The van der Waals surface area contributed by atoms with Gasteiger partial charge in [0.05, 0.1) is 9.50 Å². The molecule has 0 atom stereocenters. The summed E-state index contributed by atoms with van der Waals surface area (Å²) in [5.41, 5.74) is 0. The first-order valence-electron chi connectivity index (χ1n) is 3.21. The topological polar surface area (TPSA) is 0 Å². The van der Waals surface area contributed by atoms with Crippen LogP contribution in [0.2, 0.25) is 5.02 Å².